The van der Waals surface area contributed by atoms with Gasteiger partial charge in [0.1, 0.15) is 5.82 Å². The zero-order valence-corrected chi connectivity index (χ0v) is 17.4. The van der Waals surface area contributed by atoms with Gasteiger partial charge in [0.05, 0.1) is 29.1 Å². The van der Waals surface area contributed by atoms with Gasteiger partial charge in [-0.25, -0.2) is 14.2 Å². The molecule has 0 unspecified atom stereocenters. The number of ether oxygens (including phenoxy) is 1. The predicted octanol–water partition coefficient (Wildman–Crippen LogP) is 4.36. The highest BCUT2D eigenvalue weighted by Gasteiger charge is 2.21. The van der Waals surface area contributed by atoms with Crippen LogP contribution in [0.1, 0.15) is 28.8 Å². The molecular formula is C21H18ClFN2O4S. The van der Waals surface area contributed by atoms with Gasteiger partial charge in [0.25, 0.3) is 5.56 Å². The molecule has 0 spiro atoms. The molecular weight excluding hydrogens is 431 g/mol. The van der Waals surface area contributed by atoms with Crippen LogP contribution in [0.3, 0.4) is 0 Å². The summed E-state index contributed by atoms with van der Waals surface area (Å²) < 4.78 is 20.6. The number of rotatable bonds is 6. The third-order valence-electron chi connectivity index (χ3n) is 4.95. The second-order valence-electron chi connectivity index (χ2n) is 7.01. The number of nitrogens with zero attached hydrogens (tertiary/aromatic N) is 2. The summed E-state index contributed by atoms with van der Waals surface area (Å²) in [6.07, 6.45) is 1.72. The van der Waals surface area contributed by atoms with Crippen molar-refractivity contribution in [2.24, 2.45) is 0 Å². The molecule has 156 valence electrons. The Morgan fingerprint density at radius 1 is 1.33 bits per heavy atom. The maximum absolute atomic E-state index is 13.3. The van der Waals surface area contributed by atoms with E-state index in [4.69, 9.17) is 16.3 Å². The first-order valence-corrected chi connectivity index (χ1v) is 10.7. The van der Waals surface area contributed by atoms with Gasteiger partial charge in [-0.15, -0.1) is 0 Å². The van der Waals surface area contributed by atoms with E-state index in [1.165, 1.54) is 42.1 Å². The number of halogens is 2. The molecule has 1 aliphatic rings. The van der Waals surface area contributed by atoms with Crippen molar-refractivity contribution in [1.29, 1.82) is 0 Å². The van der Waals surface area contributed by atoms with Gasteiger partial charge in [0.2, 0.25) is 0 Å². The molecule has 3 aromatic rings. The summed E-state index contributed by atoms with van der Waals surface area (Å²) in [4.78, 5) is 29.1. The average molecular weight is 449 g/mol. The quantitative estimate of drug-likeness (QED) is 0.445. The molecule has 0 bridgehead atoms. The fourth-order valence-electron chi connectivity index (χ4n) is 3.38. The van der Waals surface area contributed by atoms with E-state index in [-0.39, 0.29) is 17.2 Å². The van der Waals surface area contributed by atoms with Gasteiger partial charge >= 0.3 is 5.97 Å². The molecule has 1 aliphatic heterocycles. The second kappa shape index (κ2) is 8.75. The van der Waals surface area contributed by atoms with Crippen LogP contribution >= 0.6 is 23.4 Å². The molecule has 0 aliphatic carbocycles. The van der Waals surface area contributed by atoms with E-state index in [1.807, 2.05) is 0 Å². The van der Waals surface area contributed by atoms with Crippen molar-refractivity contribution in [1.82, 2.24) is 9.55 Å². The van der Waals surface area contributed by atoms with Gasteiger partial charge < -0.3 is 9.84 Å². The molecule has 1 aromatic heterocycles. The predicted molar refractivity (Wildman–Crippen MR) is 113 cm³/mol. The Morgan fingerprint density at radius 2 is 2.17 bits per heavy atom. The van der Waals surface area contributed by atoms with E-state index in [2.05, 4.69) is 4.98 Å². The second-order valence-corrected chi connectivity index (χ2v) is 8.36. The molecule has 2 aromatic carbocycles. The SMILES string of the molecule is O=C(O)c1ccc2c(=O)n(C[C@@H]3CCCO3)c(SCc3ccc(F)cc3Cl)nc2c1. The molecule has 4 rings (SSSR count). The minimum Gasteiger partial charge on any atom is -0.478 e. The number of aromatic nitrogens is 2. The Labute approximate surface area is 180 Å². The smallest absolute Gasteiger partial charge is 0.335 e. The highest BCUT2D eigenvalue weighted by Crippen LogP contribution is 2.28. The van der Waals surface area contributed by atoms with Gasteiger partial charge in [0, 0.05) is 17.4 Å². The molecule has 6 nitrogen and oxygen atoms in total. The number of carbonyl (C=O) groups is 1. The Hall–Kier alpha value is -2.42. The van der Waals surface area contributed by atoms with Crippen molar-refractivity contribution in [3.8, 4) is 0 Å². The van der Waals surface area contributed by atoms with Gasteiger partial charge in [-0.3, -0.25) is 9.36 Å². The molecule has 2 heterocycles. The highest BCUT2D eigenvalue weighted by atomic mass is 35.5. The Balaban J connectivity index is 1.75. The van der Waals surface area contributed by atoms with Crippen molar-refractivity contribution < 1.29 is 19.0 Å². The molecule has 1 atom stereocenters. The third kappa shape index (κ3) is 4.35. The number of aromatic carboxylic acids is 1. The van der Waals surface area contributed by atoms with Crippen molar-refractivity contribution in [2.45, 2.75) is 36.4 Å². The van der Waals surface area contributed by atoms with Crippen LogP contribution in [0.15, 0.2) is 46.3 Å². The lowest BCUT2D eigenvalue weighted by atomic mass is 10.1. The fourth-order valence-corrected chi connectivity index (χ4v) is 4.70. The Morgan fingerprint density at radius 3 is 2.87 bits per heavy atom. The van der Waals surface area contributed by atoms with E-state index < -0.39 is 11.8 Å². The minimum absolute atomic E-state index is 0.0591. The van der Waals surface area contributed by atoms with Crippen LogP contribution in [-0.2, 0) is 17.0 Å². The molecule has 9 heteroatoms. The maximum Gasteiger partial charge on any atom is 0.335 e. The highest BCUT2D eigenvalue weighted by molar-refractivity contribution is 7.98. The Kier molecular flexibility index (Phi) is 6.08. The van der Waals surface area contributed by atoms with Gasteiger partial charge in [0.15, 0.2) is 5.16 Å². The van der Waals surface area contributed by atoms with Crippen molar-refractivity contribution in [3.63, 3.8) is 0 Å². The number of carboxylic acids is 1. The first kappa shape index (κ1) is 20.8. The molecule has 1 saturated heterocycles. The van der Waals surface area contributed by atoms with Crippen LogP contribution in [0.5, 0.6) is 0 Å². The zero-order valence-electron chi connectivity index (χ0n) is 15.8. The van der Waals surface area contributed by atoms with Crippen LogP contribution in [0.4, 0.5) is 4.39 Å². The van der Waals surface area contributed by atoms with Crippen molar-refractivity contribution >= 4 is 40.2 Å². The van der Waals surface area contributed by atoms with Gasteiger partial charge in [-0.2, -0.15) is 0 Å². The lowest BCUT2D eigenvalue weighted by Gasteiger charge is -2.17. The summed E-state index contributed by atoms with van der Waals surface area (Å²) in [5.41, 5.74) is 0.834. The monoisotopic (exact) mass is 448 g/mol. The third-order valence-corrected chi connectivity index (χ3v) is 6.33. The fraction of sp³-hybridized carbons (Fsp3) is 0.286. The number of thioether (sulfide) groups is 1. The normalized spacial score (nSPS) is 16.3. The summed E-state index contributed by atoms with van der Waals surface area (Å²) in [6, 6.07) is 8.44. The first-order valence-electron chi connectivity index (χ1n) is 9.38. The van der Waals surface area contributed by atoms with Crippen LogP contribution in [-0.4, -0.2) is 33.3 Å². The van der Waals surface area contributed by atoms with E-state index in [0.29, 0.717) is 45.5 Å². The lowest BCUT2D eigenvalue weighted by Crippen LogP contribution is -2.29. The Bertz CT molecular complexity index is 1180. The van der Waals surface area contributed by atoms with Crippen molar-refractivity contribution in [3.05, 3.63) is 68.7 Å². The van der Waals surface area contributed by atoms with Crippen molar-refractivity contribution in [2.75, 3.05) is 6.61 Å². The van der Waals surface area contributed by atoms with E-state index in [9.17, 15) is 19.1 Å². The summed E-state index contributed by atoms with van der Waals surface area (Å²) >= 11 is 7.42. The average Bonchev–Trinajstić information content (AvgIpc) is 3.22. The summed E-state index contributed by atoms with van der Waals surface area (Å²) in [5, 5.41) is 10.3. The van der Waals surface area contributed by atoms with Crippen LogP contribution in [0.2, 0.25) is 5.02 Å². The minimum atomic E-state index is -1.09. The number of hydrogen-bond donors (Lipinski definition) is 1. The number of carboxylic acid groups (broad SMARTS) is 1. The molecule has 30 heavy (non-hydrogen) atoms. The molecule has 0 amide bonds. The van der Waals surface area contributed by atoms with E-state index in [1.54, 1.807) is 10.6 Å². The van der Waals surface area contributed by atoms with Gasteiger partial charge in [-0.05, 0) is 48.7 Å². The van der Waals surface area contributed by atoms with E-state index >= 15 is 0 Å². The lowest BCUT2D eigenvalue weighted by molar-refractivity contribution is 0.0697. The first-order chi connectivity index (χ1) is 14.4. The number of hydrogen-bond acceptors (Lipinski definition) is 5. The maximum atomic E-state index is 13.3. The van der Waals surface area contributed by atoms with Crippen LogP contribution in [0, 0.1) is 5.82 Å². The molecule has 0 saturated carbocycles. The summed E-state index contributed by atoms with van der Waals surface area (Å²) in [5.74, 6) is -1.13. The number of fused-ring (bicyclic) bond motifs is 1. The molecule has 0 radical (unpaired) electrons. The number of benzene rings is 2. The van der Waals surface area contributed by atoms with Gasteiger partial charge in [-0.1, -0.05) is 29.4 Å². The molecule has 1 N–H and O–H groups in total. The standard InChI is InChI=1S/C21H18ClFN2O4S/c22-17-9-14(23)5-3-13(17)11-30-21-24-18-8-12(20(27)28)4-6-16(18)19(26)25(21)10-15-2-1-7-29-15/h3-6,8-9,15H,1-2,7,10-11H2,(H,27,28)/t15-/m0/s1. The van der Waals surface area contributed by atoms with Crippen LogP contribution < -0.4 is 5.56 Å². The topological polar surface area (TPSA) is 81.4 Å². The summed E-state index contributed by atoms with van der Waals surface area (Å²) in [7, 11) is 0. The summed E-state index contributed by atoms with van der Waals surface area (Å²) in [6.45, 7) is 1.03. The zero-order chi connectivity index (χ0) is 21.3. The largest absolute Gasteiger partial charge is 0.478 e. The molecule has 1 fully saturated rings. The van der Waals surface area contributed by atoms with E-state index in [0.717, 1.165) is 12.8 Å². The van der Waals surface area contributed by atoms with Crippen LogP contribution in [0.25, 0.3) is 10.9 Å².